The van der Waals surface area contributed by atoms with E-state index in [1.54, 1.807) is 12.1 Å². The van der Waals surface area contributed by atoms with Crippen molar-refractivity contribution in [2.45, 2.75) is 13.3 Å². The normalized spacial score (nSPS) is 10.4. The Kier molecular flexibility index (Phi) is 4.62. The summed E-state index contributed by atoms with van der Waals surface area (Å²) in [6, 6.07) is 25.1. The molecule has 120 valence electrons. The summed E-state index contributed by atoms with van der Waals surface area (Å²) in [5, 5.41) is 9.56. The molecule has 1 N–H and O–H groups in total. The highest BCUT2D eigenvalue weighted by molar-refractivity contribution is 5.97. The van der Waals surface area contributed by atoms with Gasteiger partial charge >= 0.3 is 5.97 Å². The van der Waals surface area contributed by atoms with Crippen LogP contribution in [0.15, 0.2) is 78.9 Å². The lowest BCUT2D eigenvalue weighted by Gasteiger charge is -2.26. The lowest BCUT2D eigenvalue weighted by Crippen LogP contribution is -2.14. The predicted octanol–water partition coefficient (Wildman–Crippen LogP) is 5.42. The smallest absolute Gasteiger partial charge is 0.337 e. The number of para-hydroxylation sites is 2. The van der Waals surface area contributed by atoms with Gasteiger partial charge in [-0.3, -0.25) is 0 Å². The molecule has 3 nitrogen and oxygen atoms in total. The number of carboxylic acids is 1. The third-order valence-electron chi connectivity index (χ3n) is 3.99. The average Bonchev–Trinajstić information content (AvgIpc) is 2.64. The number of benzene rings is 3. The fraction of sp³-hybridized carbons (Fsp3) is 0.0952. The zero-order valence-electron chi connectivity index (χ0n) is 13.5. The van der Waals surface area contributed by atoms with Gasteiger partial charge < -0.3 is 10.0 Å². The SMILES string of the molecule is CCc1ccc(N(c2ccccc2)c2ccccc2C(=O)O)cc1. The van der Waals surface area contributed by atoms with Gasteiger partial charge in [0.25, 0.3) is 0 Å². The summed E-state index contributed by atoms with van der Waals surface area (Å²) in [6.07, 6.45) is 0.970. The van der Waals surface area contributed by atoms with Crippen LogP contribution in [0.25, 0.3) is 0 Å². The van der Waals surface area contributed by atoms with Crippen molar-refractivity contribution in [2.24, 2.45) is 0 Å². The van der Waals surface area contributed by atoms with Gasteiger partial charge in [-0.1, -0.05) is 49.4 Å². The molecule has 0 unspecified atom stereocenters. The minimum absolute atomic E-state index is 0.279. The summed E-state index contributed by atoms with van der Waals surface area (Å²) in [5.74, 6) is -0.934. The second-order valence-corrected chi connectivity index (χ2v) is 5.51. The number of aryl methyl sites for hydroxylation is 1. The minimum Gasteiger partial charge on any atom is -0.478 e. The van der Waals surface area contributed by atoms with Gasteiger partial charge in [-0.15, -0.1) is 0 Å². The van der Waals surface area contributed by atoms with Gasteiger partial charge in [0.2, 0.25) is 0 Å². The van der Waals surface area contributed by atoms with Crippen LogP contribution in [0, 0.1) is 0 Å². The first kappa shape index (κ1) is 15.8. The number of hydrogen-bond acceptors (Lipinski definition) is 2. The summed E-state index contributed by atoms with van der Waals surface area (Å²) >= 11 is 0. The Morgan fingerprint density at radius 1 is 0.833 bits per heavy atom. The van der Waals surface area contributed by atoms with Crippen LogP contribution in [-0.2, 0) is 6.42 Å². The first-order chi connectivity index (χ1) is 11.7. The summed E-state index contributed by atoms with van der Waals surface area (Å²) in [5.41, 5.74) is 4.04. The molecule has 0 heterocycles. The molecule has 3 aromatic rings. The van der Waals surface area contributed by atoms with Gasteiger partial charge in [0, 0.05) is 11.4 Å². The number of anilines is 3. The highest BCUT2D eigenvalue weighted by Gasteiger charge is 2.18. The highest BCUT2D eigenvalue weighted by Crippen LogP contribution is 2.36. The molecule has 0 radical (unpaired) electrons. The summed E-state index contributed by atoms with van der Waals surface area (Å²) in [6.45, 7) is 2.11. The molecule has 3 aromatic carbocycles. The van der Waals surface area contributed by atoms with Crippen LogP contribution in [0.1, 0.15) is 22.8 Å². The maximum absolute atomic E-state index is 11.7. The van der Waals surface area contributed by atoms with Crippen molar-refractivity contribution < 1.29 is 9.90 Å². The molecule has 0 fully saturated rings. The molecule has 0 aliphatic heterocycles. The molecular formula is C21H19NO2. The molecule has 0 spiro atoms. The molecule has 24 heavy (non-hydrogen) atoms. The van der Waals surface area contributed by atoms with Crippen molar-refractivity contribution in [1.29, 1.82) is 0 Å². The molecule has 3 heteroatoms. The van der Waals surface area contributed by atoms with Crippen molar-refractivity contribution in [3.05, 3.63) is 90.0 Å². The van der Waals surface area contributed by atoms with E-state index in [4.69, 9.17) is 0 Å². The van der Waals surface area contributed by atoms with Crippen molar-refractivity contribution in [3.8, 4) is 0 Å². The van der Waals surface area contributed by atoms with E-state index in [0.29, 0.717) is 5.69 Å². The Hall–Kier alpha value is -3.07. The Morgan fingerprint density at radius 2 is 1.42 bits per heavy atom. The van der Waals surface area contributed by atoms with Gasteiger partial charge in [0.15, 0.2) is 0 Å². The zero-order valence-corrected chi connectivity index (χ0v) is 13.5. The molecule has 0 atom stereocenters. The van der Waals surface area contributed by atoms with Crippen LogP contribution < -0.4 is 4.90 Å². The van der Waals surface area contributed by atoms with Crippen molar-refractivity contribution in [3.63, 3.8) is 0 Å². The highest BCUT2D eigenvalue weighted by atomic mass is 16.4. The average molecular weight is 317 g/mol. The molecule has 0 saturated carbocycles. The van der Waals surface area contributed by atoms with Crippen LogP contribution in [0.5, 0.6) is 0 Å². The third-order valence-corrected chi connectivity index (χ3v) is 3.99. The summed E-state index contributed by atoms with van der Waals surface area (Å²) < 4.78 is 0. The first-order valence-corrected chi connectivity index (χ1v) is 7.97. The van der Waals surface area contributed by atoms with Gasteiger partial charge in [-0.25, -0.2) is 4.79 Å². The number of hydrogen-bond donors (Lipinski definition) is 1. The molecule has 0 amide bonds. The number of carboxylic acid groups (broad SMARTS) is 1. The van der Waals surface area contributed by atoms with E-state index in [-0.39, 0.29) is 5.56 Å². The molecule has 0 saturated heterocycles. The lowest BCUT2D eigenvalue weighted by molar-refractivity contribution is 0.0698. The van der Waals surface area contributed by atoms with Crippen LogP contribution >= 0.6 is 0 Å². The predicted molar refractivity (Wildman–Crippen MR) is 97.5 cm³/mol. The maximum atomic E-state index is 11.7. The monoisotopic (exact) mass is 317 g/mol. The Labute approximate surface area is 141 Å². The largest absolute Gasteiger partial charge is 0.478 e. The van der Waals surface area contributed by atoms with Crippen molar-refractivity contribution >= 4 is 23.0 Å². The minimum atomic E-state index is -0.934. The Balaban J connectivity index is 2.18. The quantitative estimate of drug-likeness (QED) is 0.683. The van der Waals surface area contributed by atoms with Crippen LogP contribution in [0.4, 0.5) is 17.1 Å². The second-order valence-electron chi connectivity index (χ2n) is 5.51. The fourth-order valence-corrected chi connectivity index (χ4v) is 2.73. The lowest BCUT2D eigenvalue weighted by atomic mass is 10.1. The van der Waals surface area contributed by atoms with E-state index < -0.39 is 5.97 Å². The van der Waals surface area contributed by atoms with Crippen LogP contribution in [0.3, 0.4) is 0 Å². The summed E-state index contributed by atoms with van der Waals surface area (Å²) in [4.78, 5) is 13.6. The molecule has 0 aromatic heterocycles. The fourth-order valence-electron chi connectivity index (χ4n) is 2.73. The van der Waals surface area contributed by atoms with E-state index in [1.807, 2.05) is 59.5 Å². The molecule has 0 bridgehead atoms. The molecule has 0 aliphatic carbocycles. The number of rotatable bonds is 5. The van der Waals surface area contributed by atoms with Gasteiger partial charge in [-0.05, 0) is 48.4 Å². The van der Waals surface area contributed by atoms with Gasteiger partial charge in [-0.2, -0.15) is 0 Å². The first-order valence-electron chi connectivity index (χ1n) is 7.97. The standard InChI is InChI=1S/C21H19NO2/c1-2-16-12-14-18(15-13-16)22(17-8-4-3-5-9-17)20-11-7-6-10-19(20)21(23)24/h3-15H,2H2,1H3,(H,23,24). The Bertz CT molecular complexity index is 826. The van der Waals surface area contributed by atoms with E-state index >= 15 is 0 Å². The number of nitrogens with zero attached hydrogens (tertiary/aromatic N) is 1. The Morgan fingerprint density at radius 3 is 2.04 bits per heavy atom. The number of carbonyl (C=O) groups is 1. The molecule has 3 rings (SSSR count). The maximum Gasteiger partial charge on any atom is 0.337 e. The van der Waals surface area contributed by atoms with E-state index in [9.17, 15) is 9.90 Å². The second kappa shape index (κ2) is 7.01. The van der Waals surface area contributed by atoms with Crippen LogP contribution in [0.2, 0.25) is 0 Å². The van der Waals surface area contributed by atoms with E-state index in [0.717, 1.165) is 17.8 Å². The van der Waals surface area contributed by atoms with Crippen molar-refractivity contribution in [1.82, 2.24) is 0 Å². The summed E-state index contributed by atoms with van der Waals surface area (Å²) in [7, 11) is 0. The molecule has 0 aliphatic rings. The van der Waals surface area contributed by atoms with Gasteiger partial charge in [0.1, 0.15) is 0 Å². The third kappa shape index (κ3) is 3.15. The van der Waals surface area contributed by atoms with Crippen molar-refractivity contribution in [2.75, 3.05) is 4.90 Å². The van der Waals surface area contributed by atoms with Crippen LogP contribution in [-0.4, -0.2) is 11.1 Å². The van der Waals surface area contributed by atoms with E-state index in [2.05, 4.69) is 19.1 Å². The topological polar surface area (TPSA) is 40.5 Å². The molecular weight excluding hydrogens is 298 g/mol. The number of aromatic carboxylic acids is 1. The van der Waals surface area contributed by atoms with E-state index in [1.165, 1.54) is 5.56 Å². The van der Waals surface area contributed by atoms with Gasteiger partial charge in [0.05, 0.1) is 11.3 Å². The zero-order chi connectivity index (χ0) is 16.9.